The Balaban J connectivity index is 1.45. The summed E-state index contributed by atoms with van der Waals surface area (Å²) in [6, 6.07) is 9.92. The standard InChI is InChI=1S/C23H20ClN3O4/c1-13-10-16(5-6-18(13)24)25-20(28)8-3-14-2-4-15-12-27(23(31)17(15)11-14)19-7-9-21(29)26-22(19)30/h2-6,8,10-11,19H,7,9,12H2,1H3,(H,25,28)(H,26,29,30)/b8-3+. The Labute approximate surface area is 184 Å². The summed E-state index contributed by atoms with van der Waals surface area (Å²) < 4.78 is 0. The minimum absolute atomic E-state index is 0.215. The molecule has 1 fully saturated rings. The van der Waals surface area contributed by atoms with Crippen LogP contribution in [-0.4, -0.2) is 34.6 Å². The highest BCUT2D eigenvalue weighted by Gasteiger charge is 2.38. The van der Waals surface area contributed by atoms with Crippen molar-refractivity contribution in [1.29, 1.82) is 0 Å². The molecule has 158 valence electrons. The highest BCUT2D eigenvalue weighted by Crippen LogP contribution is 2.28. The van der Waals surface area contributed by atoms with E-state index >= 15 is 0 Å². The van der Waals surface area contributed by atoms with E-state index in [1.807, 2.05) is 19.1 Å². The van der Waals surface area contributed by atoms with Crippen LogP contribution in [0.5, 0.6) is 0 Å². The van der Waals surface area contributed by atoms with Gasteiger partial charge in [-0.15, -0.1) is 0 Å². The molecule has 0 radical (unpaired) electrons. The number of nitrogens with one attached hydrogen (secondary N) is 2. The smallest absolute Gasteiger partial charge is 0.255 e. The molecule has 1 atom stereocenters. The van der Waals surface area contributed by atoms with Crippen molar-refractivity contribution >= 4 is 47.0 Å². The number of carbonyl (C=O) groups excluding carboxylic acids is 4. The van der Waals surface area contributed by atoms with Gasteiger partial charge in [-0.2, -0.15) is 0 Å². The van der Waals surface area contributed by atoms with Gasteiger partial charge in [0.1, 0.15) is 6.04 Å². The molecule has 7 nitrogen and oxygen atoms in total. The zero-order valence-electron chi connectivity index (χ0n) is 16.8. The summed E-state index contributed by atoms with van der Waals surface area (Å²) in [5.41, 5.74) is 3.51. The number of fused-ring (bicyclic) bond motifs is 1. The van der Waals surface area contributed by atoms with Crippen molar-refractivity contribution < 1.29 is 19.2 Å². The molecule has 0 aliphatic carbocycles. The second-order valence-corrected chi connectivity index (χ2v) is 8.01. The van der Waals surface area contributed by atoms with E-state index in [9.17, 15) is 19.2 Å². The number of benzene rings is 2. The second-order valence-electron chi connectivity index (χ2n) is 7.60. The van der Waals surface area contributed by atoms with Crippen molar-refractivity contribution in [3.05, 3.63) is 69.8 Å². The minimum atomic E-state index is -0.648. The third-order valence-corrected chi connectivity index (χ3v) is 5.83. The number of nitrogens with zero attached hydrogens (tertiary/aromatic N) is 1. The lowest BCUT2D eigenvalue weighted by atomic mass is 10.0. The van der Waals surface area contributed by atoms with E-state index in [1.165, 1.54) is 11.0 Å². The molecule has 0 spiro atoms. The summed E-state index contributed by atoms with van der Waals surface area (Å²) in [5, 5.41) is 5.69. The molecule has 2 aliphatic rings. The van der Waals surface area contributed by atoms with Gasteiger partial charge < -0.3 is 10.2 Å². The van der Waals surface area contributed by atoms with Crippen LogP contribution < -0.4 is 10.6 Å². The predicted octanol–water partition coefficient (Wildman–Crippen LogP) is 3.06. The van der Waals surface area contributed by atoms with Crippen LogP contribution in [0.2, 0.25) is 5.02 Å². The molecule has 2 heterocycles. The largest absolute Gasteiger partial charge is 0.323 e. The quantitative estimate of drug-likeness (QED) is 0.567. The summed E-state index contributed by atoms with van der Waals surface area (Å²) in [7, 11) is 0. The Bertz CT molecular complexity index is 1140. The molecule has 4 amide bonds. The molecule has 2 aromatic carbocycles. The highest BCUT2D eigenvalue weighted by atomic mass is 35.5. The van der Waals surface area contributed by atoms with Crippen molar-refractivity contribution in [2.75, 3.05) is 5.32 Å². The number of carbonyl (C=O) groups is 4. The van der Waals surface area contributed by atoms with E-state index in [4.69, 9.17) is 11.6 Å². The molecule has 4 rings (SSSR count). The van der Waals surface area contributed by atoms with Crippen molar-refractivity contribution in [3.63, 3.8) is 0 Å². The number of piperidine rings is 1. The van der Waals surface area contributed by atoms with Gasteiger partial charge in [0.15, 0.2) is 0 Å². The lowest BCUT2D eigenvalue weighted by Crippen LogP contribution is -2.52. The topological polar surface area (TPSA) is 95.6 Å². The number of amides is 4. The first-order chi connectivity index (χ1) is 14.8. The number of imide groups is 1. The van der Waals surface area contributed by atoms with Gasteiger partial charge in [-0.1, -0.05) is 23.7 Å². The van der Waals surface area contributed by atoms with Crippen LogP contribution in [-0.2, 0) is 20.9 Å². The van der Waals surface area contributed by atoms with E-state index in [0.717, 1.165) is 11.1 Å². The van der Waals surface area contributed by atoms with Gasteiger partial charge in [-0.25, -0.2) is 0 Å². The van der Waals surface area contributed by atoms with Crippen LogP contribution in [0.25, 0.3) is 6.08 Å². The van der Waals surface area contributed by atoms with Crippen molar-refractivity contribution in [3.8, 4) is 0 Å². The van der Waals surface area contributed by atoms with Crippen LogP contribution in [0.1, 0.15) is 39.9 Å². The normalized spacial score (nSPS) is 18.3. The first-order valence-electron chi connectivity index (χ1n) is 9.84. The number of halogens is 1. The molecular formula is C23H20ClN3O4. The Morgan fingerprint density at radius 2 is 2.00 bits per heavy atom. The first kappa shape index (κ1) is 20.8. The third-order valence-electron chi connectivity index (χ3n) is 5.40. The van der Waals surface area contributed by atoms with Crippen LogP contribution in [0.3, 0.4) is 0 Å². The summed E-state index contributed by atoms with van der Waals surface area (Å²) in [5.74, 6) is -1.31. The van der Waals surface area contributed by atoms with Gasteiger partial charge >= 0.3 is 0 Å². The van der Waals surface area contributed by atoms with Gasteiger partial charge in [0.2, 0.25) is 17.7 Å². The van der Waals surface area contributed by atoms with Gasteiger partial charge in [0, 0.05) is 35.3 Å². The van der Waals surface area contributed by atoms with E-state index in [0.29, 0.717) is 34.8 Å². The number of hydrogen-bond donors (Lipinski definition) is 2. The molecule has 2 aromatic rings. The number of rotatable bonds is 4. The molecule has 1 saturated heterocycles. The first-order valence-corrected chi connectivity index (χ1v) is 10.2. The SMILES string of the molecule is Cc1cc(NC(=O)/C=C/c2ccc3c(c2)C(=O)N(C2CCC(=O)NC2=O)C3)ccc1Cl. The van der Waals surface area contributed by atoms with Gasteiger partial charge in [0.25, 0.3) is 5.91 Å². The van der Waals surface area contributed by atoms with Gasteiger partial charge in [-0.05, 0) is 60.4 Å². The number of aryl methyl sites for hydroxylation is 1. The highest BCUT2D eigenvalue weighted by molar-refractivity contribution is 6.31. The van der Waals surface area contributed by atoms with Crippen molar-refractivity contribution in [2.24, 2.45) is 0 Å². The van der Waals surface area contributed by atoms with Crippen molar-refractivity contribution in [2.45, 2.75) is 32.4 Å². The molecular weight excluding hydrogens is 418 g/mol. The predicted molar refractivity (Wildman–Crippen MR) is 116 cm³/mol. The molecule has 0 bridgehead atoms. The summed E-state index contributed by atoms with van der Waals surface area (Å²) in [6.45, 7) is 2.17. The number of hydrogen-bond acceptors (Lipinski definition) is 4. The maximum absolute atomic E-state index is 12.9. The maximum atomic E-state index is 12.9. The zero-order chi connectivity index (χ0) is 22.1. The van der Waals surface area contributed by atoms with Crippen LogP contribution >= 0.6 is 11.6 Å². The Hall–Kier alpha value is -3.45. The van der Waals surface area contributed by atoms with Crippen LogP contribution in [0.4, 0.5) is 5.69 Å². The Kier molecular flexibility index (Phi) is 5.61. The van der Waals surface area contributed by atoms with E-state index in [-0.39, 0.29) is 24.1 Å². The molecule has 0 aromatic heterocycles. The minimum Gasteiger partial charge on any atom is -0.323 e. The molecule has 2 N–H and O–H groups in total. The fourth-order valence-electron chi connectivity index (χ4n) is 3.75. The fraction of sp³-hybridized carbons (Fsp3) is 0.217. The van der Waals surface area contributed by atoms with E-state index in [2.05, 4.69) is 10.6 Å². The van der Waals surface area contributed by atoms with Crippen LogP contribution in [0, 0.1) is 6.92 Å². The molecule has 31 heavy (non-hydrogen) atoms. The average molecular weight is 438 g/mol. The lowest BCUT2D eigenvalue weighted by molar-refractivity contribution is -0.136. The Morgan fingerprint density at radius 3 is 2.74 bits per heavy atom. The maximum Gasteiger partial charge on any atom is 0.255 e. The van der Waals surface area contributed by atoms with Crippen LogP contribution in [0.15, 0.2) is 42.5 Å². The summed E-state index contributed by atoms with van der Waals surface area (Å²) >= 11 is 6.00. The monoisotopic (exact) mass is 437 g/mol. The zero-order valence-corrected chi connectivity index (χ0v) is 17.5. The molecule has 2 aliphatic heterocycles. The average Bonchev–Trinajstić information content (AvgIpc) is 3.05. The van der Waals surface area contributed by atoms with Gasteiger partial charge in [0.05, 0.1) is 0 Å². The summed E-state index contributed by atoms with van der Waals surface area (Å²) in [4.78, 5) is 50.1. The third kappa shape index (κ3) is 4.36. The summed E-state index contributed by atoms with van der Waals surface area (Å²) in [6.07, 6.45) is 3.55. The Morgan fingerprint density at radius 1 is 1.19 bits per heavy atom. The second kappa shape index (κ2) is 8.35. The number of anilines is 1. The van der Waals surface area contributed by atoms with E-state index < -0.39 is 11.9 Å². The molecule has 8 heteroatoms. The molecule has 1 unspecified atom stereocenters. The molecule has 0 saturated carbocycles. The lowest BCUT2D eigenvalue weighted by Gasteiger charge is -2.29. The fourth-order valence-corrected chi connectivity index (χ4v) is 3.87. The van der Waals surface area contributed by atoms with Crippen molar-refractivity contribution in [1.82, 2.24) is 10.2 Å². The van der Waals surface area contributed by atoms with E-state index in [1.54, 1.807) is 30.3 Å². The van der Waals surface area contributed by atoms with Gasteiger partial charge in [-0.3, -0.25) is 24.5 Å².